The standard InChI is InChI=1S/C10H12BrFN2O/c1-6(2)13-10(15)14-9-4-3-7(11)5-8(9)12/h3-6H,1-2H3,(H2,13,14,15). The number of carbonyl (C=O) groups is 1. The highest BCUT2D eigenvalue weighted by Crippen LogP contribution is 2.19. The van der Waals surface area contributed by atoms with Gasteiger partial charge in [0.05, 0.1) is 5.69 Å². The van der Waals surface area contributed by atoms with Crippen LogP contribution in [0.25, 0.3) is 0 Å². The summed E-state index contributed by atoms with van der Waals surface area (Å²) in [5.74, 6) is -0.469. The smallest absolute Gasteiger partial charge is 0.319 e. The van der Waals surface area contributed by atoms with Crippen LogP contribution in [0, 0.1) is 5.82 Å². The topological polar surface area (TPSA) is 41.1 Å². The first-order valence-electron chi connectivity index (χ1n) is 4.51. The van der Waals surface area contributed by atoms with Crippen LogP contribution in [0.2, 0.25) is 0 Å². The van der Waals surface area contributed by atoms with Crippen molar-refractivity contribution < 1.29 is 9.18 Å². The summed E-state index contributed by atoms with van der Waals surface area (Å²) in [6, 6.07) is 4.06. The van der Waals surface area contributed by atoms with Crippen LogP contribution in [-0.4, -0.2) is 12.1 Å². The molecule has 0 saturated carbocycles. The Labute approximate surface area is 96.2 Å². The number of carbonyl (C=O) groups excluding carboxylic acids is 1. The van der Waals surface area contributed by atoms with Crippen molar-refractivity contribution in [1.29, 1.82) is 0 Å². The van der Waals surface area contributed by atoms with Crippen molar-refractivity contribution in [2.24, 2.45) is 0 Å². The fourth-order valence-corrected chi connectivity index (χ4v) is 1.34. The Balaban J connectivity index is 2.68. The lowest BCUT2D eigenvalue weighted by atomic mass is 10.3. The Bertz CT molecular complexity index is 368. The number of amides is 2. The zero-order valence-corrected chi connectivity index (χ0v) is 10.1. The van der Waals surface area contributed by atoms with Crippen molar-refractivity contribution in [2.75, 3.05) is 5.32 Å². The van der Waals surface area contributed by atoms with Gasteiger partial charge in [-0.25, -0.2) is 9.18 Å². The summed E-state index contributed by atoms with van der Waals surface area (Å²) in [7, 11) is 0. The molecule has 0 aliphatic rings. The summed E-state index contributed by atoms with van der Waals surface area (Å²) in [6.45, 7) is 3.66. The molecule has 0 atom stereocenters. The summed E-state index contributed by atoms with van der Waals surface area (Å²) in [6.07, 6.45) is 0. The Morgan fingerprint density at radius 1 is 1.47 bits per heavy atom. The molecule has 0 unspecified atom stereocenters. The van der Waals surface area contributed by atoms with Crippen molar-refractivity contribution in [2.45, 2.75) is 19.9 Å². The minimum Gasteiger partial charge on any atom is -0.336 e. The van der Waals surface area contributed by atoms with Crippen LogP contribution in [0.3, 0.4) is 0 Å². The molecule has 0 bridgehead atoms. The van der Waals surface area contributed by atoms with E-state index in [0.29, 0.717) is 4.47 Å². The molecule has 0 radical (unpaired) electrons. The average molecular weight is 275 g/mol. The second kappa shape index (κ2) is 5.11. The number of hydrogen-bond donors (Lipinski definition) is 2. The largest absolute Gasteiger partial charge is 0.336 e. The Morgan fingerprint density at radius 3 is 2.67 bits per heavy atom. The van der Waals surface area contributed by atoms with Gasteiger partial charge in [0.2, 0.25) is 0 Å². The Kier molecular flexibility index (Phi) is 4.08. The predicted molar refractivity (Wildman–Crippen MR) is 61.4 cm³/mol. The van der Waals surface area contributed by atoms with Crippen LogP contribution in [-0.2, 0) is 0 Å². The molecule has 0 heterocycles. The van der Waals surface area contributed by atoms with Gasteiger partial charge >= 0.3 is 6.03 Å². The van der Waals surface area contributed by atoms with E-state index in [9.17, 15) is 9.18 Å². The predicted octanol–water partition coefficient (Wildman–Crippen LogP) is 3.12. The van der Waals surface area contributed by atoms with Gasteiger partial charge in [-0.1, -0.05) is 15.9 Å². The van der Waals surface area contributed by atoms with E-state index in [1.807, 2.05) is 13.8 Å². The molecule has 2 N–H and O–H groups in total. The van der Waals surface area contributed by atoms with Gasteiger partial charge in [0.15, 0.2) is 0 Å². The third-order valence-corrected chi connectivity index (χ3v) is 2.09. The number of halogens is 2. The number of hydrogen-bond acceptors (Lipinski definition) is 1. The number of benzene rings is 1. The summed E-state index contributed by atoms with van der Waals surface area (Å²) >= 11 is 3.13. The summed E-state index contributed by atoms with van der Waals surface area (Å²) in [4.78, 5) is 11.3. The second-order valence-electron chi connectivity index (χ2n) is 3.38. The quantitative estimate of drug-likeness (QED) is 0.855. The van der Waals surface area contributed by atoms with Gasteiger partial charge in [-0.15, -0.1) is 0 Å². The fraction of sp³-hybridized carbons (Fsp3) is 0.300. The normalized spacial score (nSPS) is 10.2. The SMILES string of the molecule is CC(C)NC(=O)Nc1ccc(Br)cc1F. The number of nitrogens with one attached hydrogen (secondary N) is 2. The fourth-order valence-electron chi connectivity index (χ4n) is 1.01. The second-order valence-corrected chi connectivity index (χ2v) is 4.29. The number of urea groups is 1. The molecular formula is C10H12BrFN2O. The molecule has 1 aromatic carbocycles. The molecule has 2 amide bonds. The minimum atomic E-state index is -0.469. The number of anilines is 1. The molecule has 1 aromatic rings. The zero-order chi connectivity index (χ0) is 11.4. The van der Waals surface area contributed by atoms with Crippen molar-refractivity contribution in [3.63, 3.8) is 0 Å². The third-order valence-electron chi connectivity index (χ3n) is 1.60. The third kappa shape index (κ3) is 3.87. The van der Waals surface area contributed by atoms with Crippen LogP contribution < -0.4 is 10.6 Å². The molecule has 5 heteroatoms. The van der Waals surface area contributed by atoms with E-state index in [2.05, 4.69) is 26.6 Å². The van der Waals surface area contributed by atoms with E-state index in [1.54, 1.807) is 6.07 Å². The van der Waals surface area contributed by atoms with E-state index < -0.39 is 11.8 Å². The van der Waals surface area contributed by atoms with E-state index >= 15 is 0 Å². The maximum Gasteiger partial charge on any atom is 0.319 e. The first-order chi connectivity index (χ1) is 6.99. The van der Waals surface area contributed by atoms with Gasteiger partial charge in [-0.05, 0) is 32.0 Å². The van der Waals surface area contributed by atoms with E-state index in [-0.39, 0.29) is 11.7 Å². The van der Waals surface area contributed by atoms with Crippen molar-refractivity contribution in [3.05, 3.63) is 28.5 Å². The average Bonchev–Trinajstić information content (AvgIpc) is 2.08. The highest BCUT2D eigenvalue weighted by atomic mass is 79.9. The monoisotopic (exact) mass is 274 g/mol. The zero-order valence-electron chi connectivity index (χ0n) is 8.47. The van der Waals surface area contributed by atoms with E-state index in [4.69, 9.17) is 0 Å². The lowest BCUT2D eigenvalue weighted by Gasteiger charge is -2.10. The first-order valence-corrected chi connectivity index (χ1v) is 5.31. The highest BCUT2D eigenvalue weighted by Gasteiger charge is 2.07. The lowest BCUT2D eigenvalue weighted by molar-refractivity contribution is 0.250. The van der Waals surface area contributed by atoms with Crippen molar-refractivity contribution in [1.82, 2.24) is 5.32 Å². The highest BCUT2D eigenvalue weighted by molar-refractivity contribution is 9.10. The van der Waals surface area contributed by atoms with Gasteiger partial charge in [0.25, 0.3) is 0 Å². The molecule has 82 valence electrons. The molecule has 1 rings (SSSR count). The molecule has 0 aliphatic heterocycles. The van der Waals surface area contributed by atoms with Crippen LogP contribution in [0.15, 0.2) is 22.7 Å². The van der Waals surface area contributed by atoms with Crippen LogP contribution in [0.4, 0.5) is 14.9 Å². The molecule has 0 saturated heterocycles. The molecule has 0 aromatic heterocycles. The first kappa shape index (κ1) is 12.0. The van der Waals surface area contributed by atoms with Crippen LogP contribution in [0.5, 0.6) is 0 Å². The molecule has 15 heavy (non-hydrogen) atoms. The Morgan fingerprint density at radius 2 is 2.13 bits per heavy atom. The molecular weight excluding hydrogens is 263 g/mol. The number of rotatable bonds is 2. The van der Waals surface area contributed by atoms with Gasteiger partial charge in [0.1, 0.15) is 5.82 Å². The van der Waals surface area contributed by atoms with E-state index in [1.165, 1.54) is 12.1 Å². The lowest BCUT2D eigenvalue weighted by Crippen LogP contribution is -2.34. The van der Waals surface area contributed by atoms with Gasteiger partial charge in [-0.2, -0.15) is 0 Å². The van der Waals surface area contributed by atoms with Gasteiger partial charge in [-0.3, -0.25) is 0 Å². The summed E-state index contributed by atoms with van der Waals surface area (Å²) in [5, 5.41) is 5.03. The maximum absolute atomic E-state index is 13.3. The molecule has 0 spiro atoms. The molecule has 0 fully saturated rings. The summed E-state index contributed by atoms with van der Waals surface area (Å²) < 4.78 is 13.9. The van der Waals surface area contributed by atoms with Gasteiger partial charge in [0, 0.05) is 10.5 Å². The van der Waals surface area contributed by atoms with E-state index in [0.717, 1.165) is 0 Å². The van der Waals surface area contributed by atoms with Crippen molar-refractivity contribution >= 4 is 27.6 Å². The minimum absolute atomic E-state index is 0.0171. The van der Waals surface area contributed by atoms with Crippen LogP contribution >= 0.6 is 15.9 Å². The maximum atomic E-state index is 13.3. The molecule has 3 nitrogen and oxygen atoms in total. The summed E-state index contributed by atoms with van der Waals surface area (Å²) in [5.41, 5.74) is 0.163. The van der Waals surface area contributed by atoms with Gasteiger partial charge < -0.3 is 10.6 Å². The molecule has 0 aliphatic carbocycles. The van der Waals surface area contributed by atoms with Crippen LogP contribution in [0.1, 0.15) is 13.8 Å². The Hall–Kier alpha value is -1.10. The van der Waals surface area contributed by atoms with Crippen molar-refractivity contribution in [3.8, 4) is 0 Å².